The van der Waals surface area contributed by atoms with E-state index in [4.69, 9.17) is 19.7 Å². The minimum atomic E-state index is -0.309. The number of aliphatic imine (C=N–C) groups is 3. The number of methoxy groups -OCH3 is 1. The Balaban J connectivity index is 1.44. The van der Waals surface area contributed by atoms with Gasteiger partial charge in [-0.15, -0.1) is 0 Å². The lowest BCUT2D eigenvalue weighted by Crippen LogP contribution is -2.51. The molecule has 2 N–H and O–H groups in total. The van der Waals surface area contributed by atoms with E-state index in [1.807, 2.05) is 12.2 Å². The summed E-state index contributed by atoms with van der Waals surface area (Å²) in [5, 5.41) is 7.15. The van der Waals surface area contributed by atoms with Gasteiger partial charge in [-0.3, -0.25) is 4.90 Å². The smallest absolute Gasteiger partial charge is 0.224 e. The molecule has 7 nitrogen and oxygen atoms in total. The van der Waals surface area contributed by atoms with Gasteiger partial charge in [0.25, 0.3) is 0 Å². The molecule has 5 rings (SSSR count). The van der Waals surface area contributed by atoms with Crippen molar-refractivity contribution in [3.05, 3.63) is 69.3 Å². The molecule has 2 atom stereocenters. The maximum atomic E-state index is 5.40. The van der Waals surface area contributed by atoms with Crippen LogP contribution in [0.1, 0.15) is 51.9 Å². The highest BCUT2D eigenvalue weighted by atomic mass is 127. The predicted octanol–water partition coefficient (Wildman–Crippen LogP) is 5.20. The highest BCUT2D eigenvalue weighted by Gasteiger charge is 2.42. The second-order valence-corrected chi connectivity index (χ2v) is 11.4. The van der Waals surface area contributed by atoms with Gasteiger partial charge in [0.2, 0.25) is 11.9 Å². The van der Waals surface area contributed by atoms with E-state index in [9.17, 15) is 0 Å². The topological polar surface area (TPSA) is 73.6 Å². The van der Waals surface area contributed by atoms with Crippen LogP contribution < -0.4 is 10.6 Å². The van der Waals surface area contributed by atoms with E-state index in [0.29, 0.717) is 12.0 Å². The van der Waals surface area contributed by atoms with E-state index in [1.165, 1.54) is 22.8 Å². The molecule has 5 aliphatic rings. The van der Waals surface area contributed by atoms with Gasteiger partial charge >= 0.3 is 0 Å². The molecule has 36 heavy (non-hydrogen) atoms. The molecule has 1 fully saturated rings. The fourth-order valence-electron chi connectivity index (χ4n) is 5.12. The molecule has 8 heteroatoms. The van der Waals surface area contributed by atoms with Gasteiger partial charge < -0.3 is 15.4 Å². The summed E-state index contributed by atoms with van der Waals surface area (Å²) >= 11 is -0.309. The van der Waals surface area contributed by atoms with E-state index in [0.717, 1.165) is 54.6 Å². The lowest BCUT2D eigenvalue weighted by molar-refractivity contribution is 0.285. The lowest BCUT2D eigenvalue weighted by Gasteiger charge is -2.35. The average Bonchev–Trinajstić information content (AvgIpc) is 3.03. The molecule has 0 spiro atoms. The molecule has 3 aliphatic carbocycles. The number of guanidine groups is 2. The zero-order chi connectivity index (χ0) is 24.9. The SMILES string of the molecule is C=IC1=CC=CCC=C1NC1=NC2C(=NC(NC3=CC=C(OC)CC=C3)=NC2C)N1C1CCCCC1. The molecule has 0 aromatic carbocycles. The van der Waals surface area contributed by atoms with E-state index in [-0.39, 0.29) is 32.8 Å². The summed E-state index contributed by atoms with van der Waals surface area (Å²) in [5.74, 6) is 3.48. The molecular formula is C28H35IN6O. The molecule has 2 aliphatic heterocycles. The molecule has 2 unspecified atom stereocenters. The molecule has 0 aromatic rings. The first-order valence-electron chi connectivity index (χ1n) is 12.8. The standard InChI is InChI=1S/C28H35IN6O/c1-19-25-26(34-27(30-19)31-20-11-10-14-22(36-3)18-17-20)35(21-12-6-4-7-13-21)28(33-25)32-24-16-9-5-8-15-23(24)29-2/h5,8,10-11,15-19,21,25H,2,4,6-7,9,12-14H2,1,3H3,(H,30,31)(H,32,33). The fraction of sp³-hybridized carbons (Fsp3) is 0.429. The van der Waals surface area contributed by atoms with Crippen LogP contribution in [0.15, 0.2) is 84.3 Å². The number of nitrogens with zero attached hydrogens (tertiary/aromatic N) is 4. The summed E-state index contributed by atoms with van der Waals surface area (Å²) in [7, 11) is 1.70. The van der Waals surface area contributed by atoms with E-state index in [1.54, 1.807) is 7.11 Å². The van der Waals surface area contributed by atoms with Crippen LogP contribution in [0.5, 0.6) is 0 Å². The minimum Gasteiger partial charge on any atom is -0.501 e. The van der Waals surface area contributed by atoms with E-state index < -0.39 is 0 Å². The zero-order valence-corrected chi connectivity index (χ0v) is 23.2. The number of allylic oxidation sites excluding steroid dienone is 9. The highest BCUT2D eigenvalue weighted by molar-refractivity contribution is 14.2. The van der Waals surface area contributed by atoms with E-state index >= 15 is 0 Å². The van der Waals surface area contributed by atoms with Crippen molar-refractivity contribution in [3.8, 4) is 0 Å². The van der Waals surface area contributed by atoms with Crippen molar-refractivity contribution < 1.29 is 4.74 Å². The molecule has 0 aromatic heterocycles. The molecule has 0 saturated heterocycles. The number of nitrogens with one attached hydrogen (secondary N) is 2. The first-order chi connectivity index (χ1) is 17.7. The van der Waals surface area contributed by atoms with Crippen LogP contribution in [0.2, 0.25) is 0 Å². The third-order valence-electron chi connectivity index (χ3n) is 7.01. The summed E-state index contributed by atoms with van der Waals surface area (Å²) in [6.07, 6.45) is 24.7. The predicted molar refractivity (Wildman–Crippen MR) is 159 cm³/mol. The van der Waals surface area contributed by atoms with Gasteiger partial charge in [-0.2, -0.15) is 4.99 Å². The van der Waals surface area contributed by atoms with Crippen molar-refractivity contribution in [1.82, 2.24) is 15.5 Å². The third kappa shape index (κ3) is 5.48. The highest BCUT2D eigenvalue weighted by Crippen LogP contribution is 2.31. The Hall–Kier alpha value is -2.75. The fourth-order valence-corrected chi connectivity index (χ4v) is 6.35. The van der Waals surface area contributed by atoms with Crippen LogP contribution in [0.4, 0.5) is 0 Å². The Labute approximate surface area is 224 Å². The maximum Gasteiger partial charge on any atom is 0.224 e. The van der Waals surface area contributed by atoms with Gasteiger partial charge in [-0.25, -0.2) is 9.98 Å². The number of amidine groups is 1. The normalized spacial score (nSPS) is 26.3. The van der Waals surface area contributed by atoms with Gasteiger partial charge in [-0.05, 0) is 50.5 Å². The Morgan fingerprint density at radius 3 is 2.75 bits per heavy atom. The quantitative estimate of drug-likeness (QED) is 0.427. The first kappa shape index (κ1) is 24.9. The number of ether oxygens (including phenoxy) is 1. The molecule has 0 radical (unpaired) electrons. The maximum absolute atomic E-state index is 5.40. The third-order valence-corrected chi connectivity index (χ3v) is 8.77. The van der Waals surface area contributed by atoms with Crippen LogP contribution in [-0.4, -0.2) is 52.4 Å². The van der Waals surface area contributed by atoms with Crippen molar-refractivity contribution in [2.45, 2.75) is 70.0 Å². The molecule has 1 saturated carbocycles. The van der Waals surface area contributed by atoms with Crippen molar-refractivity contribution in [2.24, 2.45) is 15.0 Å². The summed E-state index contributed by atoms with van der Waals surface area (Å²) in [6.45, 7) is 2.13. The molecular weight excluding hydrogens is 563 g/mol. The van der Waals surface area contributed by atoms with Crippen molar-refractivity contribution in [1.29, 1.82) is 0 Å². The number of halogens is 1. The summed E-state index contributed by atoms with van der Waals surface area (Å²) in [4.78, 5) is 17.5. The molecule has 2 heterocycles. The van der Waals surface area contributed by atoms with Gasteiger partial charge in [0.1, 0.15) is 11.9 Å². The van der Waals surface area contributed by atoms with Crippen LogP contribution in [0.25, 0.3) is 0 Å². The summed E-state index contributed by atoms with van der Waals surface area (Å²) in [6, 6.07) is 0.312. The van der Waals surface area contributed by atoms with Crippen LogP contribution in [0, 0.1) is 0 Å². The Morgan fingerprint density at radius 1 is 1.08 bits per heavy atom. The number of fused-ring (bicyclic) bond motifs is 1. The van der Waals surface area contributed by atoms with Crippen LogP contribution in [-0.2, 0) is 4.74 Å². The minimum absolute atomic E-state index is 0.00844. The number of rotatable bonds is 5. The largest absolute Gasteiger partial charge is 0.501 e. The Kier molecular flexibility index (Phi) is 7.99. The number of hydrogen-bond acceptors (Lipinski definition) is 7. The van der Waals surface area contributed by atoms with Gasteiger partial charge in [0.05, 0.1) is 24.6 Å². The van der Waals surface area contributed by atoms with Crippen molar-refractivity contribution >= 4 is 43.0 Å². The van der Waals surface area contributed by atoms with Gasteiger partial charge in [0.15, 0.2) is 0 Å². The second kappa shape index (κ2) is 11.5. The van der Waals surface area contributed by atoms with Crippen molar-refractivity contribution in [2.75, 3.05) is 7.11 Å². The Bertz CT molecular complexity index is 1160. The van der Waals surface area contributed by atoms with Gasteiger partial charge in [-0.1, -0.05) is 68.8 Å². The van der Waals surface area contributed by atoms with Crippen LogP contribution >= 0.6 is 20.7 Å². The van der Waals surface area contributed by atoms with Crippen LogP contribution in [0.3, 0.4) is 0 Å². The molecule has 0 amide bonds. The lowest BCUT2D eigenvalue weighted by atomic mass is 9.93. The monoisotopic (exact) mass is 598 g/mol. The summed E-state index contributed by atoms with van der Waals surface area (Å²) < 4.78 is 10.9. The average molecular weight is 599 g/mol. The first-order valence-corrected chi connectivity index (χ1v) is 15.4. The zero-order valence-electron chi connectivity index (χ0n) is 21.1. The Morgan fingerprint density at radius 2 is 1.94 bits per heavy atom. The molecule has 0 bridgehead atoms. The summed E-state index contributed by atoms with van der Waals surface area (Å²) in [5.41, 5.74) is 2.09. The number of hydrogen-bond donors (Lipinski definition) is 2. The van der Waals surface area contributed by atoms with Gasteiger partial charge in [0, 0.05) is 21.7 Å². The second-order valence-electron chi connectivity index (χ2n) is 9.47. The van der Waals surface area contributed by atoms with E-state index in [2.05, 4.69) is 63.4 Å². The molecule has 190 valence electrons. The van der Waals surface area contributed by atoms with Crippen molar-refractivity contribution in [3.63, 3.8) is 0 Å².